The molecule has 2 heterocycles. The Balaban J connectivity index is 0.00000132. The van der Waals surface area contributed by atoms with E-state index in [0.717, 1.165) is 23.4 Å². The quantitative estimate of drug-likeness (QED) is 0.881. The summed E-state index contributed by atoms with van der Waals surface area (Å²) in [5.74, 6) is -0.773. The number of H-pyrrole nitrogens is 1. The molecule has 0 fully saturated rings. The molecular formula is C16H21Cl2N3O2. The Hall–Kier alpha value is -1.56. The van der Waals surface area contributed by atoms with Crippen LogP contribution in [0, 0.1) is 0 Å². The Morgan fingerprint density at radius 2 is 2.04 bits per heavy atom. The van der Waals surface area contributed by atoms with Gasteiger partial charge >= 0.3 is 5.97 Å². The van der Waals surface area contributed by atoms with Crippen LogP contribution in [0.25, 0.3) is 0 Å². The van der Waals surface area contributed by atoms with E-state index in [0.29, 0.717) is 13.0 Å². The van der Waals surface area contributed by atoms with Crippen molar-refractivity contribution in [2.45, 2.75) is 38.4 Å². The van der Waals surface area contributed by atoms with Crippen LogP contribution >= 0.6 is 24.8 Å². The van der Waals surface area contributed by atoms with Crippen molar-refractivity contribution in [2.75, 3.05) is 0 Å². The van der Waals surface area contributed by atoms with Crippen LogP contribution in [0.5, 0.6) is 0 Å². The minimum Gasteiger partial charge on any atom is -0.480 e. The maximum atomic E-state index is 11.7. The number of rotatable bonds is 4. The minimum absolute atomic E-state index is 0. The number of hydrogen-bond donors (Lipinski definition) is 2. The number of hydrogen-bond acceptors (Lipinski definition) is 3. The summed E-state index contributed by atoms with van der Waals surface area (Å²) in [6.45, 7) is 2.70. The molecule has 7 heteroatoms. The van der Waals surface area contributed by atoms with Crippen LogP contribution in [0.2, 0.25) is 0 Å². The third-order valence-electron chi connectivity index (χ3n) is 4.15. The molecule has 0 saturated carbocycles. The summed E-state index contributed by atoms with van der Waals surface area (Å²) in [5, 5.41) is 9.59. The molecule has 0 bridgehead atoms. The molecule has 23 heavy (non-hydrogen) atoms. The van der Waals surface area contributed by atoms with Gasteiger partial charge in [-0.2, -0.15) is 0 Å². The van der Waals surface area contributed by atoms with Gasteiger partial charge in [-0.05, 0) is 12.0 Å². The molecule has 0 spiro atoms. The molecule has 0 amide bonds. The number of imidazole rings is 1. The second-order valence-electron chi connectivity index (χ2n) is 5.41. The molecule has 2 atom stereocenters. The van der Waals surface area contributed by atoms with Crippen LogP contribution in [0.3, 0.4) is 0 Å². The highest BCUT2D eigenvalue weighted by molar-refractivity contribution is 5.85. The largest absolute Gasteiger partial charge is 0.480 e. The first kappa shape index (κ1) is 19.5. The van der Waals surface area contributed by atoms with Crippen LogP contribution in [0.1, 0.15) is 36.3 Å². The third kappa shape index (κ3) is 3.86. The molecule has 1 aromatic carbocycles. The van der Waals surface area contributed by atoms with Crippen molar-refractivity contribution < 1.29 is 9.90 Å². The average Bonchev–Trinajstić information content (AvgIpc) is 2.95. The van der Waals surface area contributed by atoms with Gasteiger partial charge in [0.1, 0.15) is 6.04 Å². The van der Waals surface area contributed by atoms with Crippen molar-refractivity contribution in [2.24, 2.45) is 0 Å². The normalized spacial score (nSPS) is 20.0. The van der Waals surface area contributed by atoms with E-state index in [9.17, 15) is 9.90 Å². The smallest absolute Gasteiger partial charge is 0.321 e. The number of nitrogens with one attached hydrogen (secondary N) is 1. The average molecular weight is 358 g/mol. The van der Waals surface area contributed by atoms with Gasteiger partial charge in [-0.1, -0.05) is 37.3 Å². The Bertz CT molecular complexity index is 633. The fourth-order valence-corrected chi connectivity index (χ4v) is 3.14. The Morgan fingerprint density at radius 3 is 2.65 bits per heavy atom. The lowest BCUT2D eigenvalue weighted by Crippen LogP contribution is -2.47. The number of aromatic amines is 1. The fourth-order valence-electron chi connectivity index (χ4n) is 3.14. The first-order chi connectivity index (χ1) is 10.2. The molecule has 1 aliphatic rings. The van der Waals surface area contributed by atoms with Crippen molar-refractivity contribution in [1.82, 2.24) is 14.9 Å². The Labute approximate surface area is 147 Å². The van der Waals surface area contributed by atoms with Crippen LogP contribution < -0.4 is 0 Å². The van der Waals surface area contributed by atoms with E-state index in [1.807, 2.05) is 30.3 Å². The first-order valence-corrected chi connectivity index (χ1v) is 7.25. The topological polar surface area (TPSA) is 69.2 Å². The summed E-state index contributed by atoms with van der Waals surface area (Å²) in [4.78, 5) is 21.2. The number of halogens is 2. The van der Waals surface area contributed by atoms with Crippen LogP contribution in [-0.2, 0) is 17.8 Å². The maximum Gasteiger partial charge on any atom is 0.321 e. The zero-order valence-electron chi connectivity index (χ0n) is 12.8. The van der Waals surface area contributed by atoms with Gasteiger partial charge < -0.3 is 10.1 Å². The molecule has 0 aliphatic carbocycles. The van der Waals surface area contributed by atoms with E-state index < -0.39 is 12.0 Å². The zero-order valence-corrected chi connectivity index (χ0v) is 14.4. The molecule has 0 saturated heterocycles. The summed E-state index contributed by atoms with van der Waals surface area (Å²) < 4.78 is 0. The highest BCUT2D eigenvalue weighted by Gasteiger charge is 2.38. The number of carboxylic acids is 1. The number of carbonyl (C=O) groups is 1. The van der Waals surface area contributed by atoms with Gasteiger partial charge in [0.25, 0.3) is 0 Å². The number of nitrogens with zero attached hydrogens (tertiary/aromatic N) is 2. The van der Waals surface area contributed by atoms with Gasteiger partial charge in [0, 0.05) is 18.7 Å². The summed E-state index contributed by atoms with van der Waals surface area (Å²) in [7, 11) is 0. The van der Waals surface area contributed by atoms with Gasteiger partial charge in [0.05, 0.1) is 18.1 Å². The molecule has 1 aliphatic heterocycles. The third-order valence-corrected chi connectivity index (χ3v) is 4.15. The van der Waals surface area contributed by atoms with Gasteiger partial charge in [-0.25, -0.2) is 4.98 Å². The van der Waals surface area contributed by atoms with Crippen molar-refractivity contribution in [3.05, 3.63) is 53.6 Å². The zero-order chi connectivity index (χ0) is 14.8. The maximum absolute atomic E-state index is 11.7. The predicted octanol–water partition coefficient (Wildman–Crippen LogP) is 3.22. The molecule has 1 aromatic heterocycles. The standard InChI is InChI=1S/C16H19N3O2.2ClH/c1-2-13-15-12(17-10-18-15)8-14(16(20)21)19(13)9-11-6-4-3-5-7-11;;/h3-7,10,13-14H,2,8-9H2,1H3,(H,17,18)(H,20,21);2*1H. The molecule has 5 nitrogen and oxygen atoms in total. The molecule has 126 valence electrons. The minimum atomic E-state index is -0.773. The Morgan fingerprint density at radius 1 is 1.35 bits per heavy atom. The Kier molecular flexibility index (Phi) is 7.06. The van der Waals surface area contributed by atoms with E-state index in [-0.39, 0.29) is 30.9 Å². The van der Waals surface area contributed by atoms with E-state index >= 15 is 0 Å². The summed E-state index contributed by atoms with van der Waals surface area (Å²) in [6, 6.07) is 9.53. The monoisotopic (exact) mass is 357 g/mol. The molecular weight excluding hydrogens is 337 g/mol. The van der Waals surface area contributed by atoms with Crippen molar-refractivity contribution in [3.63, 3.8) is 0 Å². The lowest BCUT2D eigenvalue weighted by atomic mass is 9.93. The van der Waals surface area contributed by atoms with Gasteiger partial charge in [-0.3, -0.25) is 9.69 Å². The van der Waals surface area contributed by atoms with Crippen LogP contribution in [-0.4, -0.2) is 32.0 Å². The van der Waals surface area contributed by atoms with Crippen LogP contribution in [0.4, 0.5) is 0 Å². The molecule has 0 radical (unpaired) electrons. The predicted molar refractivity (Wildman–Crippen MR) is 93.2 cm³/mol. The lowest BCUT2D eigenvalue weighted by Gasteiger charge is -2.39. The molecule has 2 N–H and O–H groups in total. The van der Waals surface area contributed by atoms with Gasteiger partial charge in [0.15, 0.2) is 0 Å². The SMILES string of the molecule is CCC1c2nc[nH]c2CC(C(=O)O)N1Cc1ccccc1.Cl.Cl. The fraction of sp³-hybridized carbons (Fsp3) is 0.375. The summed E-state index contributed by atoms with van der Waals surface area (Å²) in [5.41, 5.74) is 3.07. The number of aromatic nitrogens is 2. The van der Waals surface area contributed by atoms with Crippen molar-refractivity contribution >= 4 is 30.8 Å². The summed E-state index contributed by atoms with van der Waals surface area (Å²) in [6.07, 6.45) is 2.99. The highest BCUT2D eigenvalue weighted by Crippen LogP contribution is 2.34. The van der Waals surface area contributed by atoms with E-state index in [2.05, 4.69) is 21.8 Å². The molecule has 3 rings (SSSR count). The second-order valence-corrected chi connectivity index (χ2v) is 5.41. The molecule has 2 aromatic rings. The van der Waals surface area contributed by atoms with E-state index in [4.69, 9.17) is 0 Å². The second kappa shape index (κ2) is 8.34. The summed E-state index contributed by atoms with van der Waals surface area (Å²) >= 11 is 0. The van der Waals surface area contributed by atoms with Gasteiger partial charge in [0.2, 0.25) is 0 Å². The van der Waals surface area contributed by atoms with Crippen molar-refractivity contribution in [1.29, 1.82) is 0 Å². The van der Waals surface area contributed by atoms with E-state index in [1.54, 1.807) is 6.33 Å². The van der Waals surface area contributed by atoms with Gasteiger partial charge in [-0.15, -0.1) is 24.8 Å². The lowest BCUT2D eigenvalue weighted by molar-refractivity contribution is -0.145. The van der Waals surface area contributed by atoms with Crippen LogP contribution in [0.15, 0.2) is 36.7 Å². The molecule has 2 unspecified atom stereocenters. The number of benzene rings is 1. The van der Waals surface area contributed by atoms with Crippen molar-refractivity contribution in [3.8, 4) is 0 Å². The van der Waals surface area contributed by atoms with E-state index in [1.165, 1.54) is 0 Å². The number of carboxylic acid groups (broad SMARTS) is 1. The number of aliphatic carboxylic acids is 1. The number of fused-ring (bicyclic) bond motifs is 1. The highest BCUT2D eigenvalue weighted by atomic mass is 35.5. The first-order valence-electron chi connectivity index (χ1n) is 7.25.